The van der Waals surface area contributed by atoms with Gasteiger partial charge >= 0.3 is 0 Å². The van der Waals surface area contributed by atoms with Crippen LogP contribution < -0.4 is 15.0 Å². The summed E-state index contributed by atoms with van der Waals surface area (Å²) in [4.78, 5) is 19.6. The molecule has 114 valence electrons. The van der Waals surface area contributed by atoms with Gasteiger partial charge in [0.25, 0.3) is 5.91 Å². The second-order valence-electron chi connectivity index (χ2n) is 5.25. The average molecular weight is 292 g/mol. The second kappa shape index (κ2) is 6.78. The second-order valence-corrected chi connectivity index (χ2v) is 5.25. The molecule has 1 saturated heterocycles. The minimum Gasteiger partial charge on any atom is -0.454 e. The van der Waals surface area contributed by atoms with Crippen LogP contribution in [0.5, 0.6) is 11.5 Å². The Balaban J connectivity index is 1.41. The molecule has 0 aliphatic carbocycles. The summed E-state index contributed by atoms with van der Waals surface area (Å²) in [6.07, 6.45) is 3.82. The maximum atomic E-state index is 11.9. The number of nitrogens with one attached hydrogen (secondary N) is 1. The van der Waals surface area contributed by atoms with Gasteiger partial charge in [0.2, 0.25) is 6.79 Å². The van der Waals surface area contributed by atoms with Crippen LogP contribution in [-0.2, 0) is 4.84 Å². The van der Waals surface area contributed by atoms with Gasteiger partial charge in [-0.25, -0.2) is 5.48 Å². The van der Waals surface area contributed by atoms with Crippen LogP contribution in [0.4, 0.5) is 0 Å². The van der Waals surface area contributed by atoms with Gasteiger partial charge in [0.05, 0.1) is 6.61 Å². The van der Waals surface area contributed by atoms with Crippen molar-refractivity contribution in [1.82, 2.24) is 10.4 Å². The van der Waals surface area contributed by atoms with Crippen molar-refractivity contribution in [3.63, 3.8) is 0 Å². The zero-order valence-corrected chi connectivity index (χ0v) is 12.0. The lowest BCUT2D eigenvalue weighted by atomic mass is 10.1. The molecule has 6 heteroatoms. The monoisotopic (exact) mass is 292 g/mol. The van der Waals surface area contributed by atoms with Gasteiger partial charge in [-0.15, -0.1) is 0 Å². The number of carbonyl (C=O) groups excluding carboxylic acids is 1. The van der Waals surface area contributed by atoms with Crippen LogP contribution in [-0.4, -0.2) is 43.8 Å². The highest BCUT2D eigenvalue weighted by atomic mass is 16.7. The molecule has 2 aliphatic heterocycles. The molecule has 1 aromatic carbocycles. The van der Waals surface area contributed by atoms with E-state index in [0.717, 1.165) is 19.6 Å². The molecular formula is C15H20N2O4. The SMILES string of the molecule is O=C(NOCCN1CCCCC1)c1ccc2c(c1)OCO2. The summed E-state index contributed by atoms with van der Waals surface area (Å²) < 4.78 is 10.5. The Kier molecular flexibility index (Phi) is 4.57. The summed E-state index contributed by atoms with van der Waals surface area (Å²) in [7, 11) is 0. The fraction of sp³-hybridized carbons (Fsp3) is 0.533. The molecule has 1 N–H and O–H groups in total. The lowest BCUT2D eigenvalue weighted by molar-refractivity contribution is 0.0206. The molecule has 1 aromatic rings. The van der Waals surface area contributed by atoms with E-state index in [1.54, 1.807) is 18.2 Å². The molecule has 1 fully saturated rings. The molecule has 0 unspecified atom stereocenters. The van der Waals surface area contributed by atoms with Crippen LogP contribution in [0.3, 0.4) is 0 Å². The Bertz CT molecular complexity index is 500. The Hall–Kier alpha value is -1.79. The van der Waals surface area contributed by atoms with Crippen molar-refractivity contribution >= 4 is 5.91 Å². The van der Waals surface area contributed by atoms with Gasteiger partial charge < -0.3 is 14.4 Å². The number of hydroxylamine groups is 1. The topological polar surface area (TPSA) is 60.0 Å². The highest BCUT2D eigenvalue weighted by Crippen LogP contribution is 2.32. The van der Waals surface area contributed by atoms with Gasteiger partial charge in [-0.3, -0.25) is 9.63 Å². The maximum Gasteiger partial charge on any atom is 0.274 e. The van der Waals surface area contributed by atoms with Crippen molar-refractivity contribution in [3.05, 3.63) is 23.8 Å². The van der Waals surface area contributed by atoms with Crippen molar-refractivity contribution < 1.29 is 19.1 Å². The number of ether oxygens (including phenoxy) is 2. The Morgan fingerprint density at radius 2 is 2.00 bits per heavy atom. The first kappa shape index (κ1) is 14.2. The van der Waals surface area contributed by atoms with Crippen molar-refractivity contribution in [3.8, 4) is 11.5 Å². The molecule has 0 spiro atoms. The number of hydrogen-bond acceptors (Lipinski definition) is 5. The summed E-state index contributed by atoms with van der Waals surface area (Å²) in [5, 5.41) is 0. The summed E-state index contributed by atoms with van der Waals surface area (Å²) in [5.41, 5.74) is 2.97. The third-order valence-corrected chi connectivity index (χ3v) is 3.76. The predicted octanol–water partition coefficient (Wildman–Crippen LogP) is 1.56. The van der Waals surface area contributed by atoms with Crippen LogP contribution in [0.2, 0.25) is 0 Å². The summed E-state index contributed by atoms with van der Waals surface area (Å²) in [6, 6.07) is 5.08. The smallest absolute Gasteiger partial charge is 0.274 e. The Morgan fingerprint density at radius 1 is 1.19 bits per heavy atom. The molecule has 3 rings (SSSR count). The van der Waals surface area contributed by atoms with Crippen molar-refractivity contribution in [1.29, 1.82) is 0 Å². The Labute approximate surface area is 123 Å². The zero-order chi connectivity index (χ0) is 14.5. The van der Waals surface area contributed by atoms with Crippen LogP contribution in [0.25, 0.3) is 0 Å². The molecule has 1 amide bonds. The quantitative estimate of drug-likeness (QED) is 0.659. The first-order valence-electron chi connectivity index (χ1n) is 7.37. The highest BCUT2D eigenvalue weighted by molar-refractivity contribution is 5.94. The molecule has 0 radical (unpaired) electrons. The van der Waals surface area contributed by atoms with E-state index in [-0.39, 0.29) is 12.7 Å². The van der Waals surface area contributed by atoms with Crippen LogP contribution in [0.15, 0.2) is 18.2 Å². The van der Waals surface area contributed by atoms with Crippen LogP contribution in [0, 0.1) is 0 Å². The fourth-order valence-electron chi connectivity index (χ4n) is 2.57. The van der Waals surface area contributed by atoms with Gasteiger partial charge in [-0.05, 0) is 44.1 Å². The number of nitrogens with zero attached hydrogens (tertiary/aromatic N) is 1. The van der Waals surface area contributed by atoms with Gasteiger partial charge in [0, 0.05) is 12.1 Å². The van der Waals surface area contributed by atoms with Crippen LogP contribution >= 0.6 is 0 Å². The lowest BCUT2D eigenvalue weighted by Gasteiger charge is -2.25. The van der Waals surface area contributed by atoms with E-state index in [9.17, 15) is 4.79 Å². The number of fused-ring (bicyclic) bond motifs is 1. The number of rotatable bonds is 5. The largest absolute Gasteiger partial charge is 0.454 e. The molecule has 2 heterocycles. The summed E-state index contributed by atoms with van der Waals surface area (Å²) in [5.74, 6) is 0.987. The van der Waals surface area contributed by atoms with E-state index in [2.05, 4.69) is 10.4 Å². The van der Waals surface area contributed by atoms with E-state index in [0.29, 0.717) is 23.7 Å². The fourth-order valence-corrected chi connectivity index (χ4v) is 2.57. The number of benzene rings is 1. The third-order valence-electron chi connectivity index (χ3n) is 3.76. The summed E-state index contributed by atoms with van der Waals surface area (Å²) in [6.45, 7) is 3.80. The maximum absolute atomic E-state index is 11.9. The average Bonchev–Trinajstić information content (AvgIpc) is 3.00. The lowest BCUT2D eigenvalue weighted by Crippen LogP contribution is -2.35. The molecule has 6 nitrogen and oxygen atoms in total. The zero-order valence-electron chi connectivity index (χ0n) is 12.0. The third kappa shape index (κ3) is 3.65. The summed E-state index contributed by atoms with van der Waals surface area (Å²) >= 11 is 0. The number of piperidine rings is 1. The van der Waals surface area contributed by atoms with Crippen molar-refractivity contribution in [2.24, 2.45) is 0 Å². The van der Waals surface area contributed by atoms with E-state index < -0.39 is 0 Å². The predicted molar refractivity (Wildman–Crippen MR) is 76.3 cm³/mol. The number of hydrogen-bond donors (Lipinski definition) is 1. The Morgan fingerprint density at radius 3 is 2.86 bits per heavy atom. The standard InChI is InChI=1S/C15H20N2O4/c18-15(12-4-5-13-14(10-12)20-11-19-13)16-21-9-8-17-6-2-1-3-7-17/h4-5,10H,1-3,6-9,11H2,(H,16,18). The van der Waals surface area contributed by atoms with Gasteiger partial charge in [0.1, 0.15) is 0 Å². The molecular weight excluding hydrogens is 272 g/mol. The molecule has 0 saturated carbocycles. The van der Waals surface area contributed by atoms with E-state index in [1.807, 2.05) is 0 Å². The first-order valence-corrected chi connectivity index (χ1v) is 7.37. The minimum atomic E-state index is -0.271. The van der Waals surface area contributed by atoms with Gasteiger partial charge in [-0.1, -0.05) is 6.42 Å². The highest BCUT2D eigenvalue weighted by Gasteiger charge is 2.16. The number of likely N-dealkylation sites (tertiary alicyclic amines) is 1. The van der Waals surface area contributed by atoms with Crippen molar-refractivity contribution in [2.75, 3.05) is 33.0 Å². The van der Waals surface area contributed by atoms with E-state index in [4.69, 9.17) is 14.3 Å². The van der Waals surface area contributed by atoms with Gasteiger partial charge in [-0.2, -0.15) is 0 Å². The molecule has 21 heavy (non-hydrogen) atoms. The number of amides is 1. The minimum absolute atomic E-state index is 0.201. The van der Waals surface area contributed by atoms with Gasteiger partial charge in [0.15, 0.2) is 11.5 Å². The van der Waals surface area contributed by atoms with Crippen LogP contribution in [0.1, 0.15) is 29.6 Å². The molecule has 0 aromatic heterocycles. The molecule has 2 aliphatic rings. The first-order chi connectivity index (χ1) is 10.3. The van der Waals surface area contributed by atoms with Crippen molar-refractivity contribution in [2.45, 2.75) is 19.3 Å². The van der Waals surface area contributed by atoms with E-state index >= 15 is 0 Å². The molecule has 0 bridgehead atoms. The molecule has 0 atom stereocenters. The number of carbonyl (C=O) groups is 1. The van der Waals surface area contributed by atoms with E-state index in [1.165, 1.54) is 19.3 Å². The normalized spacial score (nSPS) is 17.7.